The fourth-order valence-electron chi connectivity index (χ4n) is 0.816. The second kappa shape index (κ2) is 7.53. The van der Waals surface area contributed by atoms with E-state index >= 15 is 0 Å². The van der Waals surface area contributed by atoms with E-state index in [9.17, 15) is 0 Å². The smallest absolute Gasteiger partial charge is 0.0704 e. The molecule has 0 aromatic carbocycles. The Morgan fingerprint density at radius 1 is 1.25 bits per heavy atom. The van der Waals surface area contributed by atoms with Gasteiger partial charge in [0.05, 0.1) is 19.3 Å². The van der Waals surface area contributed by atoms with E-state index in [-0.39, 0.29) is 6.10 Å². The Morgan fingerprint density at radius 2 is 1.92 bits per heavy atom. The summed E-state index contributed by atoms with van der Waals surface area (Å²) in [5.74, 6) is 0. The van der Waals surface area contributed by atoms with E-state index in [1.807, 2.05) is 14.0 Å². The summed E-state index contributed by atoms with van der Waals surface area (Å²) < 4.78 is 10.7. The Morgan fingerprint density at radius 3 is 2.42 bits per heavy atom. The summed E-state index contributed by atoms with van der Waals surface area (Å²) in [7, 11) is 1.94. The molecular weight excluding hydrogens is 154 g/mol. The molecule has 1 N–H and O–H groups in total. The van der Waals surface area contributed by atoms with E-state index in [0.717, 1.165) is 6.61 Å². The van der Waals surface area contributed by atoms with Gasteiger partial charge in [0.1, 0.15) is 0 Å². The number of nitrogens with one attached hydrogen (secondary N) is 1. The van der Waals surface area contributed by atoms with Crippen LogP contribution in [0.15, 0.2) is 0 Å². The average Bonchev–Trinajstić information content (AvgIpc) is 2.10. The standard InChI is InChI=1S/C9H21NO2/c1-5-11-6-7-12-9(3)8(2)10-4/h8-10H,5-7H2,1-4H3. The molecule has 0 saturated carbocycles. The predicted octanol–water partition coefficient (Wildman–Crippen LogP) is 1.04. The minimum absolute atomic E-state index is 0.246. The maximum Gasteiger partial charge on any atom is 0.0704 e. The minimum atomic E-state index is 0.246. The molecule has 0 bridgehead atoms. The third kappa shape index (κ3) is 5.52. The van der Waals surface area contributed by atoms with Gasteiger partial charge in [-0.25, -0.2) is 0 Å². The topological polar surface area (TPSA) is 30.5 Å². The van der Waals surface area contributed by atoms with E-state index in [1.165, 1.54) is 0 Å². The van der Waals surface area contributed by atoms with Crippen LogP contribution in [-0.2, 0) is 9.47 Å². The van der Waals surface area contributed by atoms with Crippen LogP contribution in [0, 0.1) is 0 Å². The predicted molar refractivity (Wildman–Crippen MR) is 50.4 cm³/mol. The highest BCUT2D eigenvalue weighted by Gasteiger charge is 2.08. The summed E-state index contributed by atoms with van der Waals surface area (Å²) in [5.41, 5.74) is 0. The Hall–Kier alpha value is -0.120. The molecule has 0 amide bonds. The summed E-state index contributed by atoms with van der Waals surface area (Å²) in [6.45, 7) is 8.29. The van der Waals surface area contributed by atoms with Gasteiger partial charge >= 0.3 is 0 Å². The number of hydrogen-bond donors (Lipinski definition) is 1. The quantitative estimate of drug-likeness (QED) is 0.586. The number of rotatable bonds is 7. The van der Waals surface area contributed by atoms with Gasteiger partial charge in [0, 0.05) is 12.6 Å². The lowest BCUT2D eigenvalue weighted by Crippen LogP contribution is -2.35. The summed E-state index contributed by atoms with van der Waals surface area (Å²) in [6.07, 6.45) is 0.246. The molecule has 0 saturated heterocycles. The molecule has 0 aliphatic heterocycles. The molecule has 0 aliphatic carbocycles. The zero-order chi connectivity index (χ0) is 9.40. The molecule has 3 nitrogen and oxygen atoms in total. The van der Waals surface area contributed by atoms with Crippen LogP contribution in [0.5, 0.6) is 0 Å². The van der Waals surface area contributed by atoms with Gasteiger partial charge in [0.25, 0.3) is 0 Å². The molecule has 0 fully saturated rings. The number of hydrogen-bond acceptors (Lipinski definition) is 3. The highest BCUT2D eigenvalue weighted by atomic mass is 16.5. The second-order valence-corrected chi connectivity index (χ2v) is 2.85. The molecule has 0 aliphatic rings. The van der Waals surface area contributed by atoms with E-state index in [4.69, 9.17) is 9.47 Å². The first kappa shape index (κ1) is 11.9. The third-order valence-electron chi connectivity index (χ3n) is 1.97. The van der Waals surface area contributed by atoms with Gasteiger partial charge in [0.2, 0.25) is 0 Å². The van der Waals surface area contributed by atoms with E-state index in [2.05, 4.69) is 19.2 Å². The lowest BCUT2D eigenvalue weighted by molar-refractivity contribution is 0.00314. The van der Waals surface area contributed by atoms with Gasteiger partial charge in [-0.15, -0.1) is 0 Å². The molecule has 2 atom stereocenters. The lowest BCUT2D eigenvalue weighted by Gasteiger charge is -2.19. The zero-order valence-corrected chi connectivity index (χ0v) is 8.59. The van der Waals surface area contributed by atoms with Crippen LogP contribution in [-0.4, -0.2) is 39.0 Å². The van der Waals surface area contributed by atoms with E-state index < -0.39 is 0 Å². The van der Waals surface area contributed by atoms with Crippen LogP contribution in [0.3, 0.4) is 0 Å². The maximum absolute atomic E-state index is 5.51. The average molecular weight is 175 g/mol. The molecule has 0 aromatic rings. The monoisotopic (exact) mass is 175 g/mol. The van der Waals surface area contributed by atoms with Crippen molar-refractivity contribution in [3.05, 3.63) is 0 Å². The first-order valence-electron chi connectivity index (χ1n) is 4.59. The van der Waals surface area contributed by atoms with Gasteiger partial charge in [-0.1, -0.05) is 0 Å². The molecular formula is C9H21NO2. The van der Waals surface area contributed by atoms with Crippen molar-refractivity contribution in [2.24, 2.45) is 0 Å². The second-order valence-electron chi connectivity index (χ2n) is 2.85. The Kier molecular flexibility index (Phi) is 7.45. The van der Waals surface area contributed by atoms with Gasteiger partial charge < -0.3 is 14.8 Å². The van der Waals surface area contributed by atoms with Crippen LogP contribution >= 0.6 is 0 Å². The van der Waals surface area contributed by atoms with E-state index in [0.29, 0.717) is 19.3 Å². The summed E-state index contributed by atoms with van der Waals surface area (Å²) in [5, 5.41) is 3.14. The van der Waals surface area contributed by atoms with Crippen molar-refractivity contribution < 1.29 is 9.47 Å². The molecule has 2 unspecified atom stereocenters. The summed E-state index contributed by atoms with van der Waals surface area (Å²) >= 11 is 0. The van der Waals surface area contributed by atoms with Gasteiger partial charge in [-0.2, -0.15) is 0 Å². The largest absolute Gasteiger partial charge is 0.379 e. The Balaban J connectivity index is 3.24. The van der Waals surface area contributed by atoms with Gasteiger partial charge in [-0.05, 0) is 27.8 Å². The van der Waals surface area contributed by atoms with Crippen molar-refractivity contribution >= 4 is 0 Å². The fourth-order valence-corrected chi connectivity index (χ4v) is 0.816. The van der Waals surface area contributed by atoms with Crippen molar-refractivity contribution in [2.45, 2.75) is 32.9 Å². The van der Waals surface area contributed by atoms with Crippen LogP contribution in [0.4, 0.5) is 0 Å². The minimum Gasteiger partial charge on any atom is -0.379 e. The molecule has 74 valence electrons. The third-order valence-corrected chi connectivity index (χ3v) is 1.97. The maximum atomic E-state index is 5.51. The zero-order valence-electron chi connectivity index (χ0n) is 8.59. The Bertz CT molecular complexity index is 98.5. The van der Waals surface area contributed by atoms with Crippen LogP contribution in [0.2, 0.25) is 0 Å². The highest BCUT2D eigenvalue weighted by molar-refractivity contribution is 4.65. The first-order valence-corrected chi connectivity index (χ1v) is 4.59. The summed E-state index contributed by atoms with van der Waals surface area (Å²) in [4.78, 5) is 0. The highest BCUT2D eigenvalue weighted by Crippen LogP contribution is 1.96. The van der Waals surface area contributed by atoms with Crippen molar-refractivity contribution in [3.8, 4) is 0 Å². The van der Waals surface area contributed by atoms with Gasteiger partial charge in [0.15, 0.2) is 0 Å². The van der Waals surface area contributed by atoms with Crippen molar-refractivity contribution in [3.63, 3.8) is 0 Å². The first-order chi connectivity index (χ1) is 5.72. The molecule has 0 aromatic heterocycles. The van der Waals surface area contributed by atoms with Crippen molar-refractivity contribution in [1.29, 1.82) is 0 Å². The lowest BCUT2D eigenvalue weighted by atomic mass is 10.2. The molecule has 3 heteroatoms. The molecule has 12 heavy (non-hydrogen) atoms. The molecule has 0 radical (unpaired) electrons. The Labute approximate surface area is 75.4 Å². The number of likely N-dealkylation sites (N-methyl/N-ethyl adjacent to an activating group) is 1. The fraction of sp³-hybridized carbons (Fsp3) is 1.00. The molecule has 0 rings (SSSR count). The van der Waals surface area contributed by atoms with Crippen molar-refractivity contribution in [2.75, 3.05) is 26.9 Å². The number of ether oxygens (including phenoxy) is 2. The normalized spacial score (nSPS) is 16.0. The van der Waals surface area contributed by atoms with Crippen LogP contribution in [0.25, 0.3) is 0 Å². The van der Waals surface area contributed by atoms with E-state index in [1.54, 1.807) is 0 Å². The summed E-state index contributed by atoms with van der Waals surface area (Å²) in [6, 6.07) is 0.395. The van der Waals surface area contributed by atoms with Crippen LogP contribution < -0.4 is 5.32 Å². The van der Waals surface area contributed by atoms with Gasteiger partial charge in [-0.3, -0.25) is 0 Å². The van der Waals surface area contributed by atoms with Crippen molar-refractivity contribution in [1.82, 2.24) is 5.32 Å². The SMILES string of the molecule is CCOCCOC(C)C(C)NC. The molecule has 0 heterocycles. The molecule has 0 spiro atoms. The van der Waals surface area contributed by atoms with Crippen LogP contribution in [0.1, 0.15) is 20.8 Å².